The number of halogens is 1. The maximum atomic E-state index is 9.48. The average molecular weight is 370 g/mol. The maximum absolute atomic E-state index is 9.48. The largest absolute Gasteiger partial charge is 0.394 e. The first-order chi connectivity index (χ1) is 10.0. The molecule has 0 atom stereocenters. The normalized spacial score (nSPS) is 17.6. The monoisotopic (exact) mass is 369 g/mol. The number of benzene rings is 1. The van der Waals surface area contributed by atoms with Gasteiger partial charge in [0.15, 0.2) is 5.13 Å². The molecule has 2 heterocycles. The Morgan fingerprint density at radius 1 is 1.29 bits per heavy atom. The van der Waals surface area contributed by atoms with Gasteiger partial charge in [0, 0.05) is 36.2 Å². The molecule has 0 saturated carbocycles. The Morgan fingerprint density at radius 2 is 2.00 bits per heavy atom. The molecule has 1 fully saturated rings. The number of rotatable bonds is 3. The SMILES string of the molecule is CC(C)(CO)N1CCN(c2nc3c(Br)cccc3s2)CC1. The number of hydrogen-bond donors (Lipinski definition) is 1. The van der Waals surface area contributed by atoms with E-state index < -0.39 is 0 Å². The first-order valence-electron chi connectivity index (χ1n) is 7.17. The van der Waals surface area contributed by atoms with Crippen LogP contribution < -0.4 is 4.90 Å². The van der Waals surface area contributed by atoms with Crippen LogP contribution in [0.15, 0.2) is 22.7 Å². The summed E-state index contributed by atoms with van der Waals surface area (Å²) in [7, 11) is 0. The van der Waals surface area contributed by atoms with Crippen LogP contribution in [0.5, 0.6) is 0 Å². The summed E-state index contributed by atoms with van der Waals surface area (Å²) < 4.78 is 2.28. The van der Waals surface area contributed by atoms with Gasteiger partial charge in [-0.2, -0.15) is 0 Å². The fraction of sp³-hybridized carbons (Fsp3) is 0.533. The van der Waals surface area contributed by atoms with Crippen LogP contribution in [-0.4, -0.2) is 53.3 Å². The summed E-state index contributed by atoms with van der Waals surface area (Å²) in [5.74, 6) is 0. The highest BCUT2D eigenvalue weighted by Gasteiger charge is 2.30. The lowest BCUT2D eigenvalue weighted by atomic mass is 10.0. The van der Waals surface area contributed by atoms with Crippen molar-refractivity contribution in [3.8, 4) is 0 Å². The van der Waals surface area contributed by atoms with Gasteiger partial charge < -0.3 is 10.0 Å². The smallest absolute Gasteiger partial charge is 0.186 e. The van der Waals surface area contributed by atoms with E-state index in [1.165, 1.54) is 4.70 Å². The summed E-state index contributed by atoms with van der Waals surface area (Å²) >= 11 is 5.32. The molecule has 0 spiro atoms. The van der Waals surface area contributed by atoms with Gasteiger partial charge >= 0.3 is 0 Å². The van der Waals surface area contributed by atoms with E-state index >= 15 is 0 Å². The summed E-state index contributed by atoms with van der Waals surface area (Å²) in [4.78, 5) is 9.48. The molecule has 1 aliphatic rings. The number of fused-ring (bicyclic) bond motifs is 1. The Kier molecular flexibility index (Phi) is 4.23. The average Bonchev–Trinajstić information content (AvgIpc) is 2.93. The molecule has 0 unspecified atom stereocenters. The number of para-hydroxylation sites is 1. The van der Waals surface area contributed by atoms with Crippen LogP contribution in [0.25, 0.3) is 10.2 Å². The lowest BCUT2D eigenvalue weighted by Crippen LogP contribution is -2.56. The fourth-order valence-electron chi connectivity index (χ4n) is 2.64. The number of anilines is 1. The van der Waals surface area contributed by atoms with E-state index in [2.05, 4.69) is 51.7 Å². The lowest BCUT2D eigenvalue weighted by molar-refractivity contribution is 0.0527. The van der Waals surface area contributed by atoms with Crippen LogP contribution in [-0.2, 0) is 0 Å². The quantitative estimate of drug-likeness (QED) is 0.902. The molecule has 1 aliphatic heterocycles. The van der Waals surface area contributed by atoms with E-state index in [9.17, 15) is 5.11 Å². The van der Waals surface area contributed by atoms with E-state index in [0.29, 0.717) is 0 Å². The molecule has 0 bridgehead atoms. The number of nitrogens with zero attached hydrogens (tertiary/aromatic N) is 3. The van der Waals surface area contributed by atoms with Crippen molar-refractivity contribution in [2.45, 2.75) is 19.4 Å². The molecule has 114 valence electrons. The number of aliphatic hydroxyl groups is 1. The standard InChI is InChI=1S/C15H20BrN3OS/c1-15(2,10-20)19-8-6-18(7-9-19)14-17-13-11(16)4-3-5-12(13)21-14/h3-5,20H,6-10H2,1-2H3. The van der Waals surface area contributed by atoms with E-state index in [0.717, 1.165) is 41.3 Å². The van der Waals surface area contributed by atoms with E-state index in [1.54, 1.807) is 11.3 Å². The first-order valence-corrected chi connectivity index (χ1v) is 8.78. The van der Waals surface area contributed by atoms with Crippen molar-refractivity contribution < 1.29 is 5.11 Å². The molecular weight excluding hydrogens is 350 g/mol. The minimum absolute atomic E-state index is 0.136. The van der Waals surface area contributed by atoms with Gasteiger partial charge in [-0.05, 0) is 41.9 Å². The second-order valence-corrected chi connectivity index (χ2v) is 7.89. The van der Waals surface area contributed by atoms with Crippen molar-refractivity contribution in [2.24, 2.45) is 0 Å². The van der Waals surface area contributed by atoms with Gasteiger partial charge in [-0.25, -0.2) is 4.98 Å². The second-order valence-electron chi connectivity index (χ2n) is 6.03. The van der Waals surface area contributed by atoms with Gasteiger partial charge in [-0.15, -0.1) is 0 Å². The minimum Gasteiger partial charge on any atom is -0.394 e. The van der Waals surface area contributed by atoms with Crippen LogP contribution in [0.2, 0.25) is 0 Å². The Balaban J connectivity index is 1.75. The Bertz CT molecular complexity index is 635. The zero-order valence-corrected chi connectivity index (χ0v) is 14.7. The Labute approximate surface area is 137 Å². The number of piperazine rings is 1. The third kappa shape index (κ3) is 2.95. The fourth-order valence-corrected chi connectivity index (χ4v) is 4.27. The van der Waals surface area contributed by atoms with E-state index in [1.807, 2.05) is 6.07 Å². The van der Waals surface area contributed by atoms with Crippen LogP contribution in [0, 0.1) is 0 Å². The zero-order valence-electron chi connectivity index (χ0n) is 12.3. The van der Waals surface area contributed by atoms with Crippen LogP contribution in [0.1, 0.15) is 13.8 Å². The highest BCUT2D eigenvalue weighted by Crippen LogP contribution is 2.33. The highest BCUT2D eigenvalue weighted by atomic mass is 79.9. The van der Waals surface area contributed by atoms with E-state index in [4.69, 9.17) is 4.98 Å². The predicted molar refractivity (Wildman–Crippen MR) is 92.3 cm³/mol. The molecule has 4 nitrogen and oxygen atoms in total. The Morgan fingerprint density at radius 3 is 2.62 bits per heavy atom. The summed E-state index contributed by atoms with van der Waals surface area (Å²) in [6.45, 7) is 8.23. The van der Waals surface area contributed by atoms with Crippen molar-refractivity contribution in [3.05, 3.63) is 22.7 Å². The van der Waals surface area contributed by atoms with Gasteiger partial charge in [0.05, 0.1) is 16.8 Å². The molecule has 3 rings (SSSR count). The molecular formula is C15H20BrN3OS. The minimum atomic E-state index is -0.136. The molecule has 1 aromatic heterocycles. The Hall–Kier alpha value is -0.690. The molecule has 1 N–H and O–H groups in total. The van der Waals surface area contributed by atoms with Crippen molar-refractivity contribution >= 4 is 42.6 Å². The third-order valence-electron chi connectivity index (χ3n) is 4.15. The van der Waals surface area contributed by atoms with Crippen molar-refractivity contribution in [1.82, 2.24) is 9.88 Å². The maximum Gasteiger partial charge on any atom is 0.186 e. The van der Waals surface area contributed by atoms with Gasteiger partial charge in [-0.1, -0.05) is 17.4 Å². The van der Waals surface area contributed by atoms with Crippen LogP contribution >= 0.6 is 27.3 Å². The molecule has 2 aromatic rings. The van der Waals surface area contributed by atoms with Gasteiger partial charge in [0.1, 0.15) is 0 Å². The summed E-state index contributed by atoms with van der Waals surface area (Å²) in [6, 6.07) is 6.20. The molecule has 21 heavy (non-hydrogen) atoms. The second kappa shape index (κ2) is 5.83. The van der Waals surface area contributed by atoms with E-state index in [-0.39, 0.29) is 12.1 Å². The summed E-state index contributed by atoms with van der Waals surface area (Å²) in [5, 5.41) is 10.6. The summed E-state index contributed by atoms with van der Waals surface area (Å²) in [5.41, 5.74) is 0.915. The first kappa shape index (κ1) is 15.2. The number of thiazole rings is 1. The van der Waals surface area contributed by atoms with Gasteiger partial charge in [-0.3, -0.25) is 4.90 Å². The molecule has 0 radical (unpaired) electrons. The number of aliphatic hydroxyl groups excluding tert-OH is 1. The number of aromatic nitrogens is 1. The number of hydrogen-bond acceptors (Lipinski definition) is 5. The van der Waals surface area contributed by atoms with Crippen molar-refractivity contribution in [2.75, 3.05) is 37.7 Å². The van der Waals surface area contributed by atoms with Crippen LogP contribution in [0.3, 0.4) is 0 Å². The summed E-state index contributed by atoms with van der Waals surface area (Å²) in [6.07, 6.45) is 0. The topological polar surface area (TPSA) is 39.6 Å². The third-order valence-corrected chi connectivity index (χ3v) is 5.87. The molecule has 1 saturated heterocycles. The highest BCUT2D eigenvalue weighted by molar-refractivity contribution is 9.10. The van der Waals surface area contributed by atoms with Gasteiger partial charge in [0.25, 0.3) is 0 Å². The molecule has 1 aromatic carbocycles. The van der Waals surface area contributed by atoms with Crippen molar-refractivity contribution in [1.29, 1.82) is 0 Å². The van der Waals surface area contributed by atoms with Gasteiger partial charge in [0.2, 0.25) is 0 Å². The molecule has 0 amide bonds. The lowest BCUT2D eigenvalue weighted by Gasteiger charge is -2.43. The van der Waals surface area contributed by atoms with Crippen molar-refractivity contribution in [3.63, 3.8) is 0 Å². The molecule has 6 heteroatoms. The van der Waals surface area contributed by atoms with Crippen LogP contribution in [0.4, 0.5) is 5.13 Å². The molecule has 0 aliphatic carbocycles. The zero-order chi connectivity index (χ0) is 15.0. The predicted octanol–water partition coefficient (Wildman–Crippen LogP) is 2.95.